The second kappa shape index (κ2) is 9.22. The number of hydrogen-bond acceptors (Lipinski definition) is 4. The minimum Gasteiger partial charge on any atom is -0.494 e. The van der Waals surface area contributed by atoms with Crippen LogP contribution in [0.2, 0.25) is 0 Å². The molecule has 1 aromatic carbocycles. The van der Waals surface area contributed by atoms with Gasteiger partial charge in [-0.15, -0.1) is 0 Å². The number of carbonyl (C=O) groups is 1. The molecule has 0 fully saturated rings. The van der Waals surface area contributed by atoms with Crippen LogP contribution < -0.4 is 10.1 Å². The van der Waals surface area contributed by atoms with E-state index in [2.05, 4.69) is 16.4 Å². The largest absolute Gasteiger partial charge is 0.494 e. The molecule has 1 amide bonds. The van der Waals surface area contributed by atoms with E-state index < -0.39 is 6.10 Å². The fraction of sp³-hybridized carbons (Fsp3) is 0.474. The molecule has 0 aliphatic heterocycles. The number of hydrogen-bond donors (Lipinski definition) is 2. The molecule has 0 aliphatic rings. The van der Waals surface area contributed by atoms with Gasteiger partial charge in [-0.1, -0.05) is 12.1 Å². The Bertz CT molecular complexity index is 697. The number of aliphatic hydroxyl groups excluding tert-OH is 1. The van der Waals surface area contributed by atoms with E-state index in [-0.39, 0.29) is 12.5 Å². The average molecular weight is 345 g/mol. The number of aryl methyl sites for hydroxylation is 3. The molecule has 1 heterocycles. The molecule has 0 aliphatic carbocycles. The Morgan fingerprint density at radius 1 is 1.44 bits per heavy atom. The molecular formula is C19H27N3O3. The van der Waals surface area contributed by atoms with Crippen LogP contribution in [0.15, 0.2) is 30.6 Å². The van der Waals surface area contributed by atoms with E-state index in [0.29, 0.717) is 18.9 Å². The molecule has 1 atom stereocenters. The summed E-state index contributed by atoms with van der Waals surface area (Å²) in [4.78, 5) is 16.0. The van der Waals surface area contributed by atoms with Crippen LogP contribution in [0.25, 0.3) is 0 Å². The lowest BCUT2D eigenvalue weighted by Gasteiger charge is -2.12. The lowest BCUT2D eigenvalue weighted by Crippen LogP contribution is -2.29. The normalized spacial score (nSPS) is 12.0. The smallest absolute Gasteiger partial charge is 0.220 e. The van der Waals surface area contributed by atoms with Gasteiger partial charge in [-0.3, -0.25) is 4.79 Å². The van der Waals surface area contributed by atoms with Crippen molar-refractivity contribution in [3.8, 4) is 5.75 Å². The summed E-state index contributed by atoms with van der Waals surface area (Å²) in [7, 11) is 1.81. The highest BCUT2D eigenvalue weighted by molar-refractivity contribution is 5.75. The van der Waals surface area contributed by atoms with E-state index in [0.717, 1.165) is 24.2 Å². The van der Waals surface area contributed by atoms with Crippen molar-refractivity contribution in [2.75, 3.05) is 13.2 Å². The number of aliphatic hydroxyl groups is 1. The van der Waals surface area contributed by atoms with E-state index >= 15 is 0 Å². The molecule has 136 valence electrons. The number of rotatable bonds is 9. The van der Waals surface area contributed by atoms with Crippen molar-refractivity contribution < 1.29 is 14.6 Å². The van der Waals surface area contributed by atoms with Crippen LogP contribution in [0.1, 0.15) is 42.8 Å². The summed E-state index contributed by atoms with van der Waals surface area (Å²) in [6.45, 7) is 4.83. The first-order valence-electron chi connectivity index (χ1n) is 8.65. The number of nitrogens with zero attached hydrogens (tertiary/aromatic N) is 2. The molecule has 0 saturated heterocycles. The van der Waals surface area contributed by atoms with Crippen LogP contribution in [-0.4, -0.2) is 33.7 Å². The third-order valence-corrected chi connectivity index (χ3v) is 4.06. The van der Waals surface area contributed by atoms with Gasteiger partial charge in [0.25, 0.3) is 0 Å². The Hall–Kier alpha value is -2.34. The van der Waals surface area contributed by atoms with Crippen molar-refractivity contribution in [3.63, 3.8) is 0 Å². The summed E-state index contributed by atoms with van der Waals surface area (Å²) in [5, 5.41) is 12.8. The Morgan fingerprint density at radius 3 is 2.88 bits per heavy atom. The molecule has 6 nitrogen and oxygen atoms in total. The molecule has 0 spiro atoms. The van der Waals surface area contributed by atoms with Gasteiger partial charge >= 0.3 is 0 Å². The second-order valence-corrected chi connectivity index (χ2v) is 6.10. The van der Waals surface area contributed by atoms with Crippen LogP contribution >= 0.6 is 0 Å². The molecular weight excluding hydrogens is 318 g/mol. The van der Waals surface area contributed by atoms with Gasteiger partial charge in [-0.2, -0.15) is 0 Å². The third kappa shape index (κ3) is 5.60. The molecule has 0 saturated carbocycles. The van der Waals surface area contributed by atoms with Gasteiger partial charge < -0.3 is 19.7 Å². The standard InChI is InChI=1S/C19H27N3O3/c1-4-25-17-9-8-15(12-14(17)2)6-5-7-18(24)21-13-16(23)19-20-10-11-22(19)3/h8-12,16,23H,4-7,13H2,1-3H3,(H,21,24). The maximum absolute atomic E-state index is 11.9. The average Bonchev–Trinajstić information content (AvgIpc) is 3.01. The summed E-state index contributed by atoms with van der Waals surface area (Å²) in [5.74, 6) is 1.40. The van der Waals surface area contributed by atoms with Crippen LogP contribution in [0.5, 0.6) is 5.75 Å². The van der Waals surface area contributed by atoms with E-state index in [4.69, 9.17) is 4.74 Å². The molecule has 0 bridgehead atoms. The summed E-state index contributed by atoms with van der Waals surface area (Å²) in [5.41, 5.74) is 2.31. The number of benzene rings is 1. The number of imidazole rings is 1. The minimum absolute atomic E-state index is 0.0593. The first-order valence-corrected chi connectivity index (χ1v) is 8.65. The highest BCUT2D eigenvalue weighted by atomic mass is 16.5. The van der Waals surface area contributed by atoms with E-state index in [1.807, 2.05) is 33.0 Å². The van der Waals surface area contributed by atoms with Crippen LogP contribution in [-0.2, 0) is 18.3 Å². The van der Waals surface area contributed by atoms with Gasteiger partial charge in [0.2, 0.25) is 5.91 Å². The van der Waals surface area contributed by atoms with Crippen molar-refractivity contribution in [2.45, 2.75) is 39.2 Å². The first kappa shape index (κ1) is 19.0. The topological polar surface area (TPSA) is 76.4 Å². The first-order chi connectivity index (χ1) is 12.0. The Balaban J connectivity index is 1.72. The predicted molar refractivity (Wildman–Crippen MR) is 96.5 cm³/mol. The molecule has 0 radical (unpaired) electrons. The molecule has 2 N–H and O–H groups in total. The summed E-state index contributed by atoms with van der Waals surface area (Å²) < 4.78 is 7.27. The number of ether oxygens (including phenoxy) is 1. The van der Waals surface area contributed by atoms with Crippen LogP contribution in [0.4, 0.5) is 0 Å². The van der Waals surface area contributed by atoms with Gasteiger partial charge in [-0.25, -0.2) is 4.98 Å². The summed E-state index contributed by atoms with van der Waals surface area (Å²) in [6, 6.07) is 6.13. The maximum atomic E-state index is 11.9. The van der Waals surface area contributed by atoms with Gasteiger partial charge in [0.1, 0.15) is 17.7 Å². The number of amides is 1. The monoisotopic (exact) mass is 345 g/mol. The van der Waals surface area contributed by atoms with Gasteiger partial charge in [0, 0.05) is 25.9 Å². The van der Waals surface area contributed by atoms with Crippen molar-refractivity contribution in [3.05, 3.63) is 47.5 Å². The number of nitrogens with one attached hydrogen (secondary N) is 1. The molecule has 6 heteroatoms. The Labute approximate surface area is 148 Å². The summed E-state index contributed by atoms with van der Waals surface area (Å²) >= 11 is 0. The number of carbonyl (C=O) groups excluding carboxylic acids is 1. The van der Waals surface area contributed by atoms with E-state index in [9.17, 15) is 9.90 Å². The SMILES string of the molecule is CCOc1ccc(CCCC(=O)NCC(O)c2nccn2C)cc1C. The lowest BCUT2D eigenvalue weighted by atomic mass is 10.0. The lowest BCUT2D eigenvalue weighted by molar-refractivity contribution is -0.121. The van der Waals surface area contributed by atoms with Crippen molar-refractivity contribution in [1.82, 2.24) is 14.9 Å². The second-order valence-electron chi connectivity index (χ2n) is 6.10. The quantitative estimate of drug-likeness (QED) is 0.731. The van der Waals surface area contributed by atoms with Crippen LogP contribution in [0, 0.1) is 6.92 Å². The maximum Gasteiger partial charge on any atom is 0.220 e. The minimum atomic E-state index is -0.794. The van der Waals surface area contributed by atoms with Gasteiger partial charge in [0.15, 0.2) is 0 Å². The van der Waals surface area contributed by atoms with Crippen molar-refractivity contribution in [1.29, 1.82) is 0 Å². The molecule has 1 unspecified atom stereocenters. The Morgan fingerprint density at radius 2 is 2.24 bits per heavy atom. The molecule has 25 heavy (non-hydrogen) atoms. The van der Waals surface area contributed by atoms with E-state index in [1.165, 1.54) is 5.56 Å². The summed E-state index contributed by atoms with van der Waals surface area (Å²) in [6.07, 6.45) is 4.62. The zero-order valence-corrected chi connectivity index (χ0v) is 15.2. The third-order valence-electron chi connectivity index (χ3n) is 4.06. The van der Waals surface area contributed by atoms with Gasteiger partial charge in [-0.05, 0) is 43.9 Å². The van der Waals surface area contributed by atoms with E-state index in [1.54, 1.807) is 17.0 Å². The molecule has 2 aromatic rings. The fourth-order valence-electron chi connectivity index (χ4n) is 2.73. The Kier molecular flexibility index (Phi) is 7.01. The van der Waals surface area contributed by atoms with Crippen LogP contribution in [0.3, 0.4) is 0 Å². The zero-order valence-electron chi connectivity index (χ0n) is 15.2. The zero-order chi connectivity index (χ0) is 18.2. The van der Waals surface area contributed by atoms with Crippen molar-refractivity contribution in [2.24, 2.45) is 7.05 Å². The highest BCUT2D eigenvalue weighted by Gasteiger charge is 2.13. The predicted octanol–water partition coefficient (Wildman–Crippen LogP) is 2.30. The van der Waals surface area contributed by atoms with Crippen molar-refractivity contribution >= 4 is 5.91 Å². The highest BCUT2D eigenvalue weighted by Crippen LogP contribution is 2.20. The fourth-order valence-corrected chi connectivity index (χ4v) is 2.73. The number of aromatic nitrogens is 2. The molecule has 2 rings (SSSR count). The van der Waals surface area contributed by atoms with Gasteiger partial charge in [0.05, 0.1) is 13.2 Å². The molecule has 1 aromatic heterocycles.